The SMILES string of the molecule is CC1CC(C(=O)Nc2ccc(N)cn2)CO1. The molecule has 1 aliphatic rings. The van der Waals surface area contributed by atoms with Crippen LogP contribution in [0.3, 0.4) is 0 Å². The maximum Gasteiger partial charge on any atom is 0.231 e. The second kappa shape index (κ2) is 4.49. The molecule has 0 aliphatic carbocycles. The first-order chi connectivity index (χ1) is 7.65. The van der Waals surface area contributed by atoms with Crippen molar-refractivity contribution in [1.82, 2.24) is 4.98 Å². The van der Waals surface area contributed by atoms with Gasteiger partial charge in [-0.1, -0.05) is 0 Å². The number of amides is 1. The van der Waals surface area contributed by atoms with Crippen molar-refractivity contribution in [2.75, 3.05) is 17.7 Å². The number of carbonyl (C=O) groups is 1. The number of nitrogens with two attached hydrogens (primary N) is 1. The van der Waals surface area contributed by atoms with Gasteiger partial charge in [-0.05, 0) is 25.5 Å². The average molecular weight is 221 g/mol. The zero-order chi connectivity index (χ0) is 11.5. The van der Waals surface area contributed by atoms with Gasteiger partial charge in [0, 0.05) is 0 Å². The summed E-state index contributed by atoms with van der Waals surface area (Å²) in [5.41, 5.74) is 6.08. The molecule has 0 bridgehead atoms. The van der Waals surface area contributed by atoms with Crippen LogP contribution >= 0.6 is 0 Å². The van der Waals surface area contributed by atoms with E-state index in [0.717, 1.165) is 6.42 Å². The minimum atomic E-state index is -0.0747. The fourth-order valence-electron chi connectivity index (χ4n) is 1.71. The van der Waals surface area contributed by atoms with E-state index in [1.54, 1.807) is 12.1 Å². The number of nitrogens with zero attached hydrogens (tertiary/aromatic N) is 1. The first-order valence-electron chi connectivity index (χ1n) is 5.29. The lowest BCUT2D eigenvalue weighted by atomic mass is 10.1. The number of ether oxygens (including phenoxy) is 1. The summed E-state index contributed by atoms with van der Waals surface area (Å²) in [6, 6.07) is 3.39. The van der Waals surface area contributed by atoms with Crippen LogP contribution in [-0.4, -0.2) is 23.6 Å². The van der Waals surface area contributed by atoms with Crippen molar-refractivity contribution in [3.63, 3.8) is 0 Å². The van der Waals surface area contributed by atoms with Gasteiger partial charge in [-0.3, -0.25) is 4.79 Å². The maximum absolute atomic E-state index is 11.8. The third-order valence-electron chi connectivity index (χ3n) is 2.61. The molecular formula is C11H15N3O2. The molecule has 1 aromatic rings. The van der Waals surface area contributed by atoms with Crippen molar-refractivity contribution >= 4 is 17.4 Å². The summed E-state index contributed by atoms with van der Waals surface area (Å²) in [4.78, 5) is 15.8. The molecule has 3 N–H and O–H groups in total. The summed E-state index contributed by atoms with van der Waals surface area (Å²) < 4.78 is 5.34. The van der Waals surface area contributed by atoms with Crippen molar-refractivity contribution in [1.29, 1.82) is 0 Å². The Bertz CT molecular complexity index is 377. The molecule has 1 saturated heterocycles. The van der Waals surface area contributed by atoms with Gasteiger partial charge < -0.3 is 15.8 Å². The predicted molar refractivity (Wildman–Crippen MR) is 60.8 cm³/mol. The Kier molecular flexibility index (Phi) is 3.05. The maximum atomic E-state index is 11.8. The van der Waals surface area contributed by atoms with E-state index in [4.69, 9.17) is 10.5 Å². The number of carbonyl (C=O) groups excluding carboxylic acids is 1. The number of nitrogens with one attached hydrogen (secondary N) is 1. The highest BCUT2D eigenvalue weighted by Crippen LogP contribution is 2.20. The fourth-order valence-corrected chi connectivity index (χ4v) is 1.71. The second-order valence-electron chi connectivity index (χ2n) is 4.04. The zero-order valence-corrected chi connectivity index (χ0v) is 9.14. The van der Waals surface area contributed by atoms with E-state index in [2.05, 4.69) is 10.3 Å². The van der Waals surface area contributed by atoms with Crippen LogP contribution < -0.4 is 11.1 Å². The van der Waals surface area contributed by atoms with Crippen LogP contribution in [0.4, 0.5) is 11.5 Å². The van der Waals surface area contributed by atoms with Crippen LogP contribution in [0.1, 0.15) is 13.3 Å². The zero-order valence-electron chi connectivity index (χ0n) is 9.14. The van der Waals surface area contributed by atoms with E-state index in [1.165, 1.54) is 6.20 Å². The van der Waals surface area contributed by atoms with Gasteiger partial charge in [-0.2, -0.15) is 0 Å². The summed E-state index contributed by atoms with van der Waals surface area (Å²) in [7, 11) is 0. The quantitative estimate of drug-likeness (QED) is 0.781. The van der Waals surface area contributed by atoms with E-state index in [0.29, 0.717) is 18.1 Å². The van der Waals surface area contributed by atoms with Crippen LogP contribution in [0.25, 0.3) is 0 Å². The molecular weight excluding hydrogens is 206 g/mol. The molecule has 16 heavy (non-hydrogen) atoms. The third-order valence-corrected chi connectivity index (χ3v) is 2.61. The standard InChI is InChI=1S/C11H15N3O2/c1-7-4-8(6-16-7)11(15)14-10-3-2-9(12)5-13-10/h2-3,5,7-8H,4,6,12H2,1H3,(H,13,14,15). The third kappa shape index (κ3) is 2.49. The van der Waals surface area contributed by atoms with Crippen molar-refractivity contribution < 1.29 is 9.53 Å². The van der Waals surface area contributed by atoms with Crippen LogP contribution in [0.15, 0.2) is 18.3 Å². The van der Waals surface area contributed by atoms with Gasteiger partial charge in [0.15, 0.2) is 0 Å². The van der Waals surface area contributed by atoms with Crippen molar-refractivity contribution in [2.45, 2.75) is 19.4 Å². The summed E-state index contributed by atoms with van der Waals surface area (Å²) in [6.07, 6.45) is 2.44. The van der Waals surface area contributed by atoms with E-state index < -0.39 is 0 Å². The highest BCUT2D eigenvalue weighted by atomic mass is 16.5. The van der Waals surface area contributed by atoms with E-state index in [-0.39, 0.29) is 17.9 Å². The average Bonchev–Trinajstić information content (AvgIpc) is 2.68. The van der Waals surface area contributed by atoms with Gasteiger partial charge in [0.2, 0.25) is 5.91 Å². The van der Waals surface area contributed by atoms with Crippen LogP contribution in [-0.2, 0) is 9.53 Å². The molecule has 1 fully saturated rings. The Morgan fingerprint density at radius 3 is 3.00 bits per heavy atom. The molecule has 0 aromatic carbocycles. The van der Waals surface area contributed by atoms with Gasteiger partial charge in [-0.15, -0.1) is 0 Å². The Balaban J connectivity index is 1.94. The molecule has 1 aliphatic heterocycles. The van der Waals surface area contributed by atoms with E-state index in [9.17, 15) is 4.79 Å². The summed E-state index contributed by atoms with van der Waals surface area (Å²) >= 11 is 0. The monoisotopic (exact) mass is 221 g/mol. The molecule has 0 spiro atoms. The molecule has 1 amide bonds. The Morgan fingerprint density at radius 2 is 2.44 bits per heavy atom. The number of rotatable bonds is 2. The number of hydrogen-bond acceptors (Lipinski definition) is 4. The molecule has 86 valence electrons. The first-order valence-corrected chi connectivity index (χ1v) is 5.29. The van der Waals surface area contributed by atoms with Gasteiger partial charge in [0.25, 0.3) is 0 Å². The summed E-state index contributed by atoms with van der Waals surface area (Å²) in [6.45, 7) is 2.46. The topological polar surface area (TPSA) is 77.2 Å². The van der Waals surface area contributed by atoms with Crippen LogP contribution in [0.5, 0.6) is 0 Å². The smallest absolute Gasteiger partial charge is 0.231 e. The minimum absolute atomic E-state index is 0.0402. The number of nitrogen functional groups attached to an aromatic ring is 1. The van der Waals surface area contributed by atoms with Gasteiger partial charge >= 0.3 is 0 Å². The Hall–Kier alpha value is -1.62. The molecule has 2 rings (SSSR count). The number of hydrogen-bond donors (Lipinski definition) is 2. The molecule has 2 atom stereocenters. The summed E-state index contributed by atoms with van der Waals surface area (Å²) in [5, 5.41) is 2.75. The van der Waals surface area contributed by atoms with Gasteiger partial charge in [-0.25, -0.2) is 4.98 Å². The lowest BCUT2D eigenvalue weighted by Gasteiger charge is -2.08. The fraction of sp³-hybridized carbons (Fsp3) is 0.455. The molecule has 5 heteroatoms. The van der Waals surface area contributed by atoms with Crippen molar-refractivity contribution in [2.24, 2.45) is 5.92 Å². The Morgan fingerprint density at radius 1 is 1.62 bits per heavy atom. The predicted octanol–water partition coefficient (Wildman–Crippen LogP) is 1.03. The van der Waals surface area contributed by atoms with Gasteiger partial charge in [0.05, 0.1) is 30.5 Å². The van der Waals surface area contributed by atoms with Crippen LogP contribution in [0.2, 0.25) is 0 Å². The highest BCUT2D eigenvalue weighted by Gasteiger charge is 2.28. The first kappa shape index (κ1) is 10.9. The Labute approximate surface area is 94.0 Å². The number of anilines is 2. The molecule has 0 radical (unpaired) electrons. The van der Waals surface area contributed by atoms with Crippen molar-refractivity contribution in [3.05, 3.63) is 18.3 Å². The molecule has 0 saturated carbocycles. The minimum Gasteiger partial charge on any atom is -0.397 e. The van der Waals surface area contributed by atoms with Crippen molar-refractivity contribution in [3.8, 4) is 0 Å². The lowest BCUT2D eigenvalue weighted by molar-refractivity contribution is -0.119. The number of aromatic nitrogens is 1. The van der Waals surface area contributed by atoms with E-state index in [1.807, 2.05) is 6.92 Å². The molecule has 5 nitrogen and oxygen atoms in total. The summed E-state index contributed by atoms with van der Waals surface area (Å²) in [5.74, 6) is 0.412. The highest BCUT2D eigenvalue weighted by molar-refractivity contribution is 5.92. The molecule has 2 heterocycles. The van der Waals surface area contributed by atoms with Crippen LogP contribution in [0, 0.1) is 5.92 Å². The second-order valence-corrected chi connectivity index (χ2v) is 4.04. The van der Waals surface area contributed by atoms with E-state index >= 15 is 0 Å². The lowest BCUT2D eigenvalue weighted by Crippen LogP contribution is -2.23. The molecule has 1 aromatic heterocycles. The van der Waals surface area contributed by atoms with Gasteiger partial charge in [0.1, 0.15) is 5.82 Å². The number of pyridine rings is 1. The normalized spacial score (nSPS) is 24.3. The largest absolute Gasteiger partial charge is 0.397 e. The molecule has 2 unspecified atom stereocenters.